The monoisotopic (exact) mass is 1170 g/mol. The van der Waals surface area contributed by atoms with Crippen molar-refractivity contribution < 1.29 is 72.2 Å². The zero-order valence-electron chi connectivity index (χ0n) is 51.1. The van der Waals surface area contributed by atoms with E-state index in [0.29, 0.717) is 69.8 Å². The molecule has 1 aromatic heterocycles. The summed E-state index contributed by atoms with van der Waals surface area (Å²) in [7, 11) is 4.55. The number of esters is 2. The summed E-state index contributed by atoms with van der Waals surface area (Å²) in [5.41, 5.74) is 1.88. The zero-order chi connectivity index (χ0) is 60.8. The standard InChI is InChI=1S/C66H91N3O15/c1-38-30-41(4)58(71)60(80-11)59(72)42(5)31-39(2)52(70)36-55-50(33-44-23-27-53(56(34-44)79-10)82-64(76)65(7,8)37-45-18-15-16-28-67-45)49-21-17-29-68(57(49)63(75)81-55)62(74)61(73)66(77)43(6)22-24-47(83-66)35-54(78-9)40(3)32-48-25-26-51(38)69(84-48)46-19-13-12-14-20-46/h12-16,18-20,25-26,28,31-32,38-39,41,43-44,47-51,53-57,59-60,72,77H,17,21-24,27,29-30,33-37H2,1-11H3/b40-32+,42-31+/t38-,39+,41+,43+,44-,47-,48?,49?,50-,51?,53+,54-,55-,56+,57-,59+,60-,66+/m0/s1. The lowest BCUT2D eigenvalue weighted by atomic mass is 9.68. The fourth-order valence-electron chi connectivity index (χ4n) is 14.0. The minimum Gasteiger partial charge on any atom is -0.460 e. The summed E-state index contributed by atoms with van der Waals surface area (Å²) in [5.74, 6) is -9.73. The number of carbonyl (C=O) groups excluding carboxylic acids is 6. The molecule has 460 valence electrons. The number of aliphatic hydroxyl groups excluding tert-OH is 1. The van der Waals surface area contributed by atoms with Crippen LogP contribution in [0.5, 0.6) is 0 Å². The van der Waals surface area contributed by atoms with Crippen molar-refractivity contribution in [2.75, 3.05) is 32.9 Å². The molecule has 1 aromatic carbocycles. The number of allylic oxidation sites excluding steroid dienone is 1. The van der Waals surface area contributed by atoms with Gasteiger partial charge in [0, 0.05) is 82.7 Å². The van der Waals surface area contributed by atoms with Crippen molar-refractivity contribution in [3.8, 4) is 0 Å². The molecule has 18 atom stereocenters. The number of pyridine rings is 1. The number of methoxy groups -OCH3 is 3. The number of benzene rings is 1. The van der Waals surface area contributed by atoms with E-state index in [1.54, 1.807) is 47.3 Å². The number of anilines is 1. The molecule has 3 unspecified atom stereocenters. The molecule has 11 rings (SSSR count). The largest absolute Gasteiger partial charge is 0.460 e. The minimum atomic E-state index is -2.51. The molecule has 8 bridgehead atoms. The van der Waals surface area contributed by atoms with Crippen molar-refractivity contribution in [3.05, 3.63) is 95.9 Å². The molecule has 1 saturated carbocycles. The van der Waals surface area contributed by atoms with Gasteiger partial charge in [-0.25, -0.2) is 9.86 Å². The number of piperidine rings is 1. The maximum Gasteiger partial charge on any atom is 0.329 e. The molecule has 84 heavy (non-hydrogen) atoms. The summed E-state index contributed by atoms with van der Waals surface area (Å²) in [6, 6.07) is 13.8. The Morgan fingerprint density at radius 2 is 1.57 bits per heavy atom. The van der Waals surface area contributed by atoms with Gasteiger partial charge in [-0.05, 0) is 145 Å². The van der Waals surface area contributed by atoms with Gasteiger partial charge >= 0.3 is 11.9 Å². The van der Waals surface area contributed by atoms with E-state index >= 15 is 0 Å². The molecule has 4 fully saturated rings. The number of hydrogen-bond donors (Lipinski definition) is 2. The Bertz CT molecular complexity index is 2730. The number of aliphatic hydroxyl groups is 2. The Balaban J connectivity index is 1.10. The van der Waals surface area contributed by atoms with Gasteiger partial charge in [0.1, 0.15) is 42.3 Å². The number of hydroxylamine groups is 1. The van der Waals surface area contributed by atoms with Crippen LogP contribution in [0, 0.1) is 46.8 Å². The summed E-state index contributed by atoms with van der Waals surface area (Å²) in [6.07, 6.45) is 7.65. The van der Waals surface area contributed by atoms with Crippen LogP contribution in [0.15, 0.2) is 90.2 Å². The summed E-state index contributed by atoms with van der Waals surface area (Å²) >= 11 is 0. The lowest BCUT2D eigenvalue weighted by molar-refractivity contribution is -0.266. The van der Waals surface area contributed by atoms with Gasteiger partial charge in [0.25, 0.3) is 11.7 Å². The van der Waals surface area contributed by atoms with Crippen LogP contribution in [-0.2, 0) is 68.4 Å². The quantitative estimate of drug-likeness (QED) is 0.130. The SMILES string of the molecule is CO[C@H]1C[C@@H]2CC[C@@H](C)[C@@](O)(O2)C(=O)C(=O)N2CCCC3[C@H]2C(=O)O[C@@H](CC(=O)[C@H](C)/C=C(\C)[C@@H](O)[C@@H](OC)C(=O)[C@H](C)C[C@H](C)C2C=CC(/C=C/1C)ON2c1ccccc1)[C@H]3C[C@@H]1CC[C@@H](OC(=O)C(C)(C)Cc2ccccn2)[C@H](OC)C1. The molecule has 0 spiro atoms. The smallest absolute Gasteiger partial charge is 0.329 e. The molecule has 8 aliphatic heterocycles. The molecular weight excluding hydrogens is 1070 g/mol. The first kappa shape index (κ1) is 64.5. The number of ether oxygens (including phenoxy) is 6. The fraction of sp³-hybridized carbons (Fsp3) is 0.652. The number of aromatic nitrogens is 1. The van der Waals surface area contributed by atoms with Gasteiger partial charge in [-0.2, -0.15) is 0 Å². The van der Waals surface area contributed by atoms with E-state index in [2.05, 4.69) is 18.0 Å². The molecule has 2 aromatic rings. The first-order valence-corrected chi connectivity index (χ1v) is 30.4. The van der Waals surface area contributed by atoms with Gasteiger partial charge in [0.15, 0.2) is 5.78 Å². The van der Waals surface area contributed by atoms with Crippen molar-refractivity contribution in [2.45, 2.75) is 199 Å². The molecule has 2 N–H and O–H groups in total. The second-order valence-corrected chi connectivity index (χ2v) is 25.6. The summed E-state index contributed by atoms with van der Waals surface area (Å²) < 4.78 is 36.7. The van der Waals surface area contributed by atoms with Crippen molar-refractivity contribution in [1.82, 2.24) is 9.88 Å². The molecular formula is C66H91N3O15. The van der Waals surface area contributed by atoms with E-state index in [1.165, 1.54) is 12.0 Å². The van der Waals surface area contributed by atoms with Crippen LogP contribution in [0.4, 0.5) is 5.69 Å². The fourth-order valence-corrected chi connectivity index (χ4v) is 14.0. The van der Waals surface area contributed by atoms with Crippen LogP contribution < -0.4 is 5.06 Å². The van der Waals surface area contributed by atoms with Gasteiger partial charge in [0.2, 0.25) is 5.79 Å². The van der Waals surface area contributed by atoms with Gasteiger partial charge < -0.3 is 43.5 Å². The van der Waals surface area contributed by atoms with Crippen LogP contribution in [0.25, 0.3) is 0 Å². The second kappa shape index (κ2) is 27.9. The van der Waals surface area contributed by atoms with Gasteiger partial charge in [-0.15, -0.1) is 0 Å². The third-order valence-corrected chi connectivity index (χ3v) is 19.1. The number of Topliss-reactive ketones (excluding diaryl/α,β-unsaturated/α-hetero) is 3. The lowest BCUT2D eigenvalue weighted by Crippen LogP contribution is -2.65. The highest BCUT2D eigenvalue weighted by Gasteiger charge is 2.57. The third-order valence-electron chi connectivity index (χ3n) is 19.1. The topological polar surface area (TPSA) is 227 Å². The van der Waals surface area contributed by atoms with Crippen molar-refractivity contribution in [1.29, 1.82) is 0 Å². The van der Waals surface area contributed by atoms with E-state index in [9.17, 15) is 39.0 Å². The molecule has 9 heterocycles. The number of rotatable bonds is 10. The molecule has 0 radical (unpaired) electrons. The van der Waals surface area contributed by atoms with Crippen LogP contribution in [-0.4, -0.2) is 150 Å². The molecule has 1 aliphatic carbocycles. The number of amides is 1. The minimum absolute atomic E-state index is 0.0475. The van der Waals surface area contributed by atoms with Crippen LogP contribution >= 0.6 is 0 Å². The number of ketones is 3. The molecule has 1 amide bonds. The van der Waals surface area contributed by atoms with E-state index in [-0.39, 0.29) is 54.8 Å². The maximum absolute atomic E-state index is 14.9. The average Bonchev–Trinajstić information content (AvgIpc) is 2.15. The Hall–Kier alpha value is -5.47. The maximum atomic E-state index is 14.9. The Morgan fingerprint density at radius 1 is 0.833 bits per heavy atom. The zero-order valence-corrected chi connectivity index (χ0v) is 51.1. The van der Waals surface area contributed by atoms with Crippen LogP contribution in [0.1, 0.15) is 132 Å². The van der Waals surface area contributed by atoms with Gasteiger partial charge in [0.05, 0.1) is 35.5 Å². The number of para-hydroxylation sites is 1. The van der Waals surface area contributed by atoms with Crippen molar-refractivity contribution >= 4 is 40.9 Å². The second-order valence-electron chi connectivity index (χ2n) is 25.6. The molecule has 3 saturated heterocycles. The lowest BCUT2D eigenvalue weighted by Gasteiger charge is -2.50. The van der Waals surface area contributed by atoms with E-state index in [0.717, 1.165) is 17.0 Å². The van der Waals surface area contributed by atoms with Crippen LogP contribution in [0.3, 0.4) is 0 Å². The highest BCUT2D eigenvalue weighted by Crippen LogP contribution is 2.46. The summed E-state index contributed by atoms with van der Waals surface area (Å²) in [5, 5.41) is 26.1. The summed E-state index contributed by atoms with van der Waals surface area (Å²) in [4.78, 5) is 99.4. The van der Waals surface area contributed by atoms with Gasteiger partial charge in [-0.1, -0.05) is 70.2 Å². The van der Waals surface area contributed by atoms with Crippen molar-refractivity contribution in [2.24, 2.45) is 46.8 Å². The van der Waals surface area contributed by atoms with Gasteiger partial charge in [-0.3, -0.25) is 33.8 Å². The Labute approximate surface area is 496 Å². The predicted octanol–water partition coefficient (Wildman–Crippen LogP) is 8.25. The number of hydrogen-bond acceptors (Lipinski definition) is 17. The van der Waals surface area contributed by atoms with E-state index in [4.69, 9.17) is 33.3 Å². The van der Waals surface area contributed by atoms with E-state index in [1.807, 2.05) is 93.4 Å². The number of carbonyl (C=O) groups is 6. The third kappa shape index (κ3) is 14.5. The predicted molar refractivity (Wildman–Crippen MR) is 312 cm³/mol. The average molecular weight is 1170 g/mol. The first-order chi connectivity index (χ1) is 40.0. The number of nitrogens with zero attached hydrogens (tertiary/aromatic N) is 3. The highest BCUT2D eigenvalue weighted by molar-refractivity contribution is 6.39. The van der Waals surface area contributed by atoms with E-state index < -0.39 is 113 Å². The summed E-state index contributed by atoms with van der Waals surface area (Å²) in [6.45, 7) is 14.5. The first-order valence-electron chi connectivity index (χ1n) is 30.4. The van der Waals surface area contributed by atoms with Crippen molar-refractivity contribution in [3.63, 3.8) is 0 Å². The molecule has 18 nitrogen and oxygen atoms in total. The molecule has 9 aliphatic rings. The Kier molecular flexibility index (Phi) is 21.4. The normalized spacial score (nSPS) is 37.5. The highest BCUT2D eigenvalue weighted by atomic mass is 16.7. The Morgan fingerprint density at radius 3 is 2.26 bits per heavy atom. The van der Waals surface area contributed by atoms with Crippen LogP contribution in [0.2, 0.25) is 0 Å². The molecule has 18 heteroatoms.